The van der Waals surface area contributed by atoms with Gasteiger partial charge >= 0.3 is 177 Å². The van der Waals surface area contributed by atoms with Crippen LogP contribution in [0, 0.1) is 0 Å². The summed E-state index contributed by atoms with van der Waals surface area (Å²) in [6.45, 7) is 0. The summed E-state index contributed by atoms with van der Waals surface area (Å²) in [5, 5.41) is -0.637. The van der Waals surface area contributed by atoms with Crippen LogP contribution in [0.3, 0.4) is 0 Å². The molecule has 1 aromatic heterocycles. The third-order valence-electron chi connectivity index (χ3n) is 4.37. The van der Waals surface area contributed by atoms with Crippen LogP contribution in [0.25, 0.3) is 21.9 Å². The molecule has 0 aliphatic rings. The Bertz CT molecular complexity index is 1370. The van der Waals surface area contributed by atoms with Gasteiger partial charge in [0.1, 0.15) is 0 Å². The number of furan rings is 1. The summed E-state index contributed by atoms with van der Waals surface area (Å²) in [6.07, 6.45) is 0. The van der Waals surface area contributed by atoms with Gasteiger partial charge in [0.05, 0.1) is 0 Å². The molecule has 0 saturated heterocycles. The van der Waals surface area contributed by atoms with Crippen molar-refractivity contribution in [1.82, 2.24) is 0 Å². The molecular formula is C16H18O9S2Sb2. The first kappa shape index (κ1) is 23.0. The van der Waals surface area contributed by atoms with E-state index in [1.165, 1.54) is 31.6 Å². The van der Waals surface area contributed by atoms with Gasteiger partial charge in [0.15, 0.2) is 0 Å². The monoisotopic (exact) mass is 660 g/mol. The molecule has 2 N–H and O–H groups in total. The average molecular weight is 662 g/mol. The molecule has 29 heavy (non-hydrogen) atoms. The summed E-state index contributed by atoms with van der Waals surface area (Å²) in [6, 6.07) is 4.54. The molecule has 0 fully saturated rings. The topological polar surface area (TPSA) is 156 Å². The molecule has 3 aromatic rings. The van der Waals surface area contributed by atoms with E-state index in [9.17, 15) is 32.0 Å². The zero-order chi connectivity index (χ0) is 22.2. The number of rotatable bonds is 4. The molecule has 0 radical (unpaired) electrons. The second-order valence-corrected chi connectivity index (χ2v) is 28.3. The van der Waals surface area contributed by atoms with Gasteiger partial charge in [-0.25, -0.2) is 0 Å². The predicted molar refractivity (Wildman–Crippen MR) is 109 cm³/mol. The molecule has 3 rings (SSSR count). The Morgan fingerprint density at radius 1 is 0.690 bits per heavy atom. The number of hydrogen-bond donors (Lipinski definition) is 2. The third-order valence-corrected chi connectivity index (χ3v) is 14.8. The Balaban J connectivity index is 2.83. The van der Waals surface area contributed by atoms with Gasteiger partial charge in [-0.2, -0.15) is 0 Å². The average Bonchev–Trinajstić information content (AvgIpc) is 2.88. The molecule has 13 heteroatoms. The van der Waals surface area contributed by atoms with E-state index in [4.69, 9.17) is 4.42 Å². The van der Waals surface area contributed by atoms with Crippen LogP contribution in [-0.2, 0) is 26.3 Å². The number of benzene rings is 2. The van der Waals surface area contributed by atoms with Crippen LogP contribution in [0.1, 0.15) is 0 Å². The zero-order valence-corrected chi connectivity index (χ0v) is 22.5. The van der Waals surface area contributed by atoms with E-state index >= 15 is 0 Å². The molecule has 1 heterocycles. The van der Waals surface area contributed by atoms with E-state index in [-0.39, 0.29) is 29.0 Å². The van der Waals surface area contributed by atoms with Gasteiger partial charge in [-0.3, -0.25) is 0 Å². The maximum absolute atomic E-state index is 12.8. The fourth-order valence-corrected chi connectivity index (χ4v) is 10.7. The van der Waals surface area contributed by atoms with Crippen LogP contribution in [0.15, 0.2) is 38.5 Å². The molecular weight excluding hydrogens is 644 g/mol. The zero-order valence-electron chi connectivity index (χ0n) is 15.8. The molecule has 158 valence electrons. The first-order valence-corrected chi connectivity index (χ1v) is 25.7. The normalized spacial score (nSPS) is 14.0. The van der Waals surface area contributed by atoms with Crippen molar-refractivity contribution in [2.24, 2.45) is 0 Å². The van der Waals surface area contributed by atoms with Crippen LogP contribution < -0.4 is 7.02 Å². The van der Waals surface area contributed by atoms with E-state index in [1.807, 2.05) is 0 Å². The molecule has 0 atom stereocenters. The fraction of sp³-hybridized carbons (Fsp3) is 0.250. The number of fused-ring (bicyclic) bond motifs is 3. The Morgan fingerprint density at radius 3 is 1.24 bits per heavy atom. The Kier molecular flexibility index (Phi) is 5.47. The van der Waals surface area contributed by atoms with Gasteiger partial charge in [0.2, 0.25) is 0 Å². The molecule has 0 amide bonds. The van der Waals surface area contributed by atoms with Gasteiger partial charge in [-0.15, -0.1) is 0 Å². The molecule has 0 spiro atoms. The van der Waals surface area contributed by atoms with Crippen molar-refractivity contribution in [1.29, 1.82) is 0 Å². The van der Waals surface area contributed by atoms with Crippen molar-refractivity contribution >= 4 is 86.8 Å². The molecule has 0 aliphatic heterocycles. The summed E-state index contributed by atoms with van der Waals surface area (Å²) < 4.78 is 99.2. The molecule has 0 bridgehead atoms. The Labute approximate surface area is 175 Å². The Morgan fingerprint density at radius 2 is 1.00 bits per heavy atom. The standard InChI is InChI=1S/C12H6O7S2.4CH3.2O.2Sb/c13-20(14,15)9-5-1-3-7-11(9)12-8(19-7)4-2-6-10(12)21(16,17)18;;;;;;;;/h1-2,5-6H,(H,13,14,15)(H,16,17,18);4*1H3;;;;. The van der Waals surface area contributed by atoms with Crippen LogP contribution in [0.2, 0.25) is 19.5 Å². The Hall–Kier alpha value is -0.704. The van der Waals surface area contributed by atoms with Crippen molar-refractivity contribution in [2.45, 2.75) is 29.3 Å². The molecule has 0 unspecified atom stereocenters. The van der Waals surface area contributed by atoms with Gasteiger partial charge < -0.3 is 0 Å². The van der Waals surface area contributed by atoms with Crippen LogP contribution in [-0.4, -0.2) is 63.5 Å². The summed E-state index contributed by atoms with van der Waals surface area (Å²) >= 11 is -8.12. The van der Waals surface area contributed by atoms with Gasteiger partial charge in [0.25, 0.3) is 0 Å². The summed E-state index contributed by atoms with van der Waals surface area (Å²) in [5.74, 6) is 0. The van der Waals surface area contributed by atoms with Gasteiger partial charge in [0, 0.05) is 0 Å². The van der Waals surface area contributed by atoms with Gasteiger partial charge in [-0.1, -0.05) is 0 Å². The van der Waals surface area contributed by atoms with Gasteiger partial charge in [-0.05, 0) is 0 Å². The number of hydrogen-bond acceptors (Lipinski definition) is 7. The van der Waals surface area contributed by atoms with Crippen molar-refractivity contribution in [3.63, 3.8) is 0 Å². The summed E-state index contributed by atoms with van der Waals surface area (Å²) in [7, 11) is -9.68. The quantitative estimate of drug-likeness (QED) is 0.314. The first-order valence-electron chi connectivity index (χ1n) is 8.02. The molecule has 0 aliphatic carbocycles. The maximum atomic E-state index is 12.8. The fourth-order valence-electron chi connectivity index (χ4n) is 3.17. The SMILES string of the molecule is [CH3][Sb]([CH3])(=[O])[c]1ccc(S(=O)(=O)O)c2c1oc1[c]([Sb]([CH3])([CH3])=[O])ccc(S(=O)(=O)O)c12. The van der Waals surface area contributed by atoms with Crippen molar-refractivity contribution in [2.75, 3.05) is 0 Å². The van der Waals surface area contributed by atoms with Crippen LogP contribution in [0.4, 0.5) is 0 Å². The summed E-state index contributed by atoms with van der Waals surface area (Å²) in [5.41, 5.74) is -0.348. The molecule has 0 saturated carbocycles. The minimum absolute atomic E-state index is 0.174. The van der Waals surface area contributed by atoms with E-state index < -0.39 is 67.6 Å². The van der Waals surface area contributed by atoms with Crippen LogP contribution in [0.5, 0.6) is 0 Å². The first-order chi connectivity index (χ1) is 12.9. The van der Waals surface area contributed by atoms with E-state index in [0.29, 0.717) is 0 Å². The predicted octanol–water partition coefficient (Wildman–Crippen LogP) is 1.76. The molecule has 9 nitrogen and oxygen atoms in total. The second kappa shape index (κ2) is 6.90. The van der Waals surface area contributed by atoms with E-state index in [2.05, 4.69) is 0 Å². The van der Waals surface area contributed by atoms with Crippen molar-refractivity contribution in [3.05, 3.63) is 24.3 Å². The second-order valence-electron chi connectivity index (χ2n) is 7.33. The van der Waals surface area contributed by atoms with E-state index in [1.54, 1.807) is 0 Å². The van der Waals surface area contributed by atoms with E-state index in [0.717, 1.165) is 12.1 Å². The third kappa shape index (κ3) is 4.10. The summed E-state index contributed by atoms with van der Waals surface area (Å²) in [4.78, 5) is 4.65. The molecule has 2 aromatic carbocycles. The van der Waals surface area contributed by atoms with Crippen LogP contribution >= 0.6 is 0 Å². The van der Waals surface area contributed by atoms with Crippen molar-refractivity contribution in [3.8, 4) is 0 Å². The minimum atomic E-state index is -4.84. The van der Waals surface area contributed by atoms with Crippen molar-refractivity contribution < 1.29 is 36.4 Å².